The molecular weight excluding hydrogens is 810 g/mol. The number of carbonyl (C=O) groups excluding carboxylic acids is 5. The number of phenols is 1. The molecule has 19 nitrogen and oxygen atoms in total. The number of rotatable bonds is 9. The molecule has 0 aliphatic heterocycles. The zero-order valence-corrected chi connectivity index (χ0v) is 36.9. The van der Waals surface area contributed by atoms with Crippen LogP contribution in [0.1, 0.15) is 42.9 Å². The van der Waals surface area contributed by atoms with Crippen molar-refractivity contribution in [1.29, 1.82) is 0 Å². The fraction of sp³-hybridized carbons (Fsp3) is 0.121. The Morgan fingerprint density at radius 1 is 0.673 bits per heavy atom. The van der Waals surface area contributed by atoms with E-state index in [1.807, 2.05) is 0 Å². The fourth-order valence-electron chi connectivity index (χ4n) is 3.57. The molecule has 0 bridgehead atoms. The second kappa shape index (κ2) is 28.5. The van der Waals surface area contributed by atoms with Crippen LogP contribution in [0, 0.1) is 20.2 Å². The Labute approximate surface area is 403 Å². The van der Waals surface area contributed by atoms with E-state index >= 15 is 0 Å². The van der Waals surface area contributed by atoms with Gasteiger partial charge in [0.2, 0.25) is 0 Å². The Morgan fingerprint density at radius 3 is 1.56 bits per heavy atom. The van der Waals surface area contributed by atoms with Crippen LogP contribution < -0.4 is 113 Å². The predicted octanol–water partition coefficient (Wildman–Crippen LogP) is -1.27. The summed E-state index contributed by atoms with van der Waals surface area (Å²) in [4.78, 5) is 76.5. The first-order valence-corrected chi connectivity index (χ1v) is 14.4. The number of nitrogens with zero attached hydrogens (tertiary/aromatic N) is 2. The van der Waals surface area contributed by atoms with E-state index in [4.69, 9.17) is 31.5 Å². The first-order valence-electron chi connectivity index (χ1n) is 14.0. The normalized spacial score (nSPS) is 8.98. The Hall–Kier alpha value is -3.85. The van der Waals surface area contributed by atoms with Crippen molar-refractivity contribution in [2.24, 2.45) is 0 Å². The molecule has 4 aromatic carbocycles. The van der Waals surface area contributed by atoms with Crippen LogP contribution in [0.15, 0.2) is 84.9 Å². The number of benzene rings is 4. The molecule has 0 aliphatic carbocycles. The van der Waals surface area contributed by atoms with E-state index in [1.165, 1.54) is 69.9 Å². The van der Waals surface area contributed by atoms with Gasteiger partial charge in [-0.3, -0.25) is 25.0 Å². The van der Waals surface area contributed by atoms with Gasteiger partial charge in [0.05, 0.1) is 60.0 Å². The zero-order valence-electron chi connectivity index (χ0n) is 30.9. The van der Waals surface area contributed by atoms with E-state index in [0.29, 0.717) is 5.56 Å². The van der Waals surface area contributed by atoms with Gasteiger partial charge in [0.1, 0.15) is 22.8 Å². The smallest absolute Gasteiger partial charge is 1.00 e. The molecule has 55 heavy (non-hydrogen) atoms. The number of halogens is 1. The molecule has 282 valence electrons. The summed E-state index contributed by atoms with van der Waals surface area (Å²) in [5.41, 5.74) is 0.0310. The first kappa shape index (κ1) is 53.3. The summed E-state index contributed by atoms with van der Waals surface area (Å²) in [5.74, 6) is -2.07. The molecule has 0 atom stereocenters. The molecule has 0 spiro atoms. The number of hydrogen-bond donors (Lipinski definition) is 1. The van der Waals surface area contributed by atoms with E-state index < -0.39 is 33.7 Å². The Kier molecular flexibility index (Phi) is 27.6. The molecule has 0 fully saturated rings. The van der Waals surface area contributed by atoms with Crippen molar-refractivity contribution in [2.45, 2.75) is 0 Å². The van der Waals surface area contributed by atoms with Gasteiger partial charge in [0, 0.05) is 24.3 Å². The molecule has 0 aliphatic rings. The number of methoxy groups -OCH3 is 4. The van der Waals surface area contributed by atoms with Gasteiger partial charge in [-0.15, -0.1) is 0 Å². The summed E-state index contributed by atoms with van der Waals surface area (Å²) in [6.07, 6.45) is 0. The van der Waals surface area contributed by atoms with Gasteiger partial charge in [0.15, 0.2) is 0 Å². The Balaban J connectivity index is -0.000000751. The molecule has 0 aromatic heterocycles. The van der Waals surface area contributed by atoms with Crippen molar-refractivity contribution in [3.63, 3.8) is 0 Å². The topological polar surface area (TPSA) is 270 Å². The van der Waals surface area contributed by atoms with Crippen LogP contribution in [0.3, 0.4) is 0 Å². The SMILES string of the molecule is COC(=O)c1cc([N+](=O)[O-])ccc1Cl.COC(=O)c1cccc(O)c1.COC(=O)c1cccc(Oc2ccc([N+](=O)[O-])cc2C(=O)OC)c1.O=CO[O-].[H-].[K+].[K+]. The molecule has 22 heteroatoms. The minimum absolute atomic E-state index is 0. The maximum atomic E-state index is 11.8. The predicted molar refractivity (Wildman–Crippen MR) is 179 cm³/mol. The van der Waals surface area contributed by atoms with Gasteiger partial charge in [0.25, 0.3) is 17.8 Å². The number of hydrogen-bond acceptors (Lipinski definition) is 17. The van der Waals surface area contributed by atoms with Crippen molar-refractivity contribution < 1.29 is 177 Å². The summed E-state index contributed by atoms with van der Waals surface area (Å²) in [6, 6.07) is 19.2. The summed E-state index contributed by atoms with van der Waals surface area (Å²) in [7, 11) is 4.88. The van der Waals surface area contributed by atoms with Crippen molar-refractivity contribution in [2.75, 3.05) is 28.4 Å². The van der Waals surface area contributed by atoms with Gasteiger partial charge >= 0.3 is 127 Å². The standard InChI is InChI=1S/C16H13NO7.C8H6ClNO4.C8H8O3.CH2O3.2K.H/c1-22-15(18)10-4-3-5-12(8-10)24-14-7-6-11(17(20)21)9-13(14)16(19)23-2;1-14-8(11)6-4-5(10(12)13)2-3-7(6)9;1-11-8(10)6-3-2-4-7(9)5-6;2-1-4-3;;;/h3-9H,1-2H3;2-4H,1H3;2-5,9H,1H3;1,3H;;;/q;;;;2*+1;-1/p-1. The molecule has 0 radical (unpaired) electrons. The number of nitro benzene ring substituents is 2. The van der Waals surface area contributed by atoms with Gasteiger partial charge in [-0.1, -0.05) is 23.7 Å². The Bertz CT molecular complexity index is 1950. The summed E-state index contributed by atoms with van der Waals surface area (Å²) >= 11 is 5.65. The molecule has 0 saturated carbocycles. The summed E-state index contributed by atoms with van der Waals surface area (Å²) in [6.45, 7) is -0.181. The van der Waals surface area contributed by atoms with Crippen LogP contribution in [0.25, 0.3) is 0 Å². The van der Waals surface area contributed by atoms with Crippen LogP contribution in [-0.4, -0.2) is 73.7 Å². The third-order valence-corrected chi connectivity index (χ3v) is 6.26. The number of carbonyl (C=O) groups is 5. The molecule has 1 N–H and O–H groups in total. The fourth-order valence-corrected chi connectivity index (χ4v) is 3.76. The average Bonchev–Trinajstić information content (AvgIpc) is 3.17. The van der Waals surface area contributed by atoms with Crippen LogP contribution in [0.4, 0.5) is 11.4 Å². The van der Waals surface area contributed by atoms with Crippen LogP contribution in [0.2, 0.25) is 5.02 Å². The largest absolute Gasteiger partial charge is 1.00 e. The van der Waals surface area contributed by atoms with E-state index in [9.17, 15) is 39.4 Å². The van der Waals surface area contributed by atoms with Crippen LogP contribution in [-0.2, 0) is 28.6 Å². The third-order valence-electron chi connectivity index (χ3n) is 5.93. The van der Waals surface area contributed by atoms with Gasteiger partial charge in [-0.2, -0.15) is 0 Å². The second-order valence-corrected chi connectivity index (χ2v) is 9.61. The Morgan fingerprint density at radius 2 is 1.11 bits per heavy atom. The van der Waals surface area contributed by atoms with E-state index in [2.05, 4.69) is 23.8 Å². The van der Waals surface area contributed by atoms with Crippen LogP contribution >= 0.6 is 11.6 Å². The van der Waals surface area contributed by atoms with Crippen molar-refractivity contribution >= 4 is 53.3 Å². The average molecular weight is 839 g/mol. The first-order chi connectivity index (χ1) is 25.2. The van der Waals surface area contributed by atoms with E-state index in [1.54, 1.807) is 24.3 Å². The number of ether oxygens (including phenoxy) is 5. The third kappa shape index (κ3) is 18.6. The second-order valence-electron chi connectivity index (χ2n) is 9.20. The van der Waals surface area contributed by atoms with E-state index in [0.717, 1.165) is 19.2 Å². The molecule has 4 rings (SSSR count). The molecule has 4 aromatic rings. The van der Waals surface area contributed by atoms with Crippen LogP contribution in [0.5, 0.6) is 17.2 Å². The maximum Gasteiger partial charge on any atom is 1.00 e. The number of nitro groups is 2. The molecular formula is C33H29ClK2N2O17. The molecule has 0 unspecified atom stereocenters. The summed E-state index contributed by atoms with van der Waals surface area (Å²) < 4.78 is 23.7. The quantitative estimate of drug-likeness (QED) is 0.0391. The van der Waals surface area contributed by atoms with E-state index in [-0.39, 0.29) is 161 Å². The number of non-ortho nitro benzene ring substituents is 2. The monoisotopic (exact) mass is 838 g/mol. The number of phenolic OH excluding ortho intramolecular Hbond substituents is 1. The van der Waals surface area contributed by atoms with Crippen molar-refractivity contribution in [3.8, 4) is 17.2 Å². The summed E-state index contributed by atoms with van der Waals surface area (Å²) in [5, 5.41) is 38.7. The molecule has 0 saturated heterocycles. The zero-order chi connectivity index (χ0) is 40.1. The maximum absolute atomic E-state index is 11.8. The van der Waals surface area contributed by atoms with Gasteiger partial charge in [-0.25, -0.2) is 19.2 Å². The number of esters is 4. The van der Waals surface area contributed by atoms with Gasteiger partial charge in [-0.05, 0) is 48.5 Å². The van der Waals surface area contributed by atoms with Gasteiger partial charge < -0.3 is 40.4 Å². The number of aromatic hydroxyl groups is 1. The minimum atomic E-state index is -0.780. The molecule has 0 amide bonds. The van der Waals surface area contributed by atoms with Crippen molar-refractivity contribution in [1.82, 2.24) is 0 Å². The minimum Gasteiger partial charge on any atom is -1.00 e. The molecule has 0 heterocycles. The van der Waals surface area contributed by atoms with Crippen molar-refractivity contribution in [3.05, 3.63) is 132 Å².